The van der Waals surface area contributed by atoms with Gasteiger partial charge >= 0.3 is 0 Å². The standard InChI is InChI=1S/C12H17BrN2O3/c1-17-8-3-4-10(13)11(5-8)15-12(16)6-9(7-14)18-2/h3-5,9H,6-7,14H2,1-2H3,(H,15,16). The number of nitrogens with two attached hydrogens (primary N) is 1. The van der Waals surface area contributed by atoms with E-state index in [0.717, 1.165) is 4.47 Å². The highest BCUT2D eigenvalue weighted by atomic mass is 79.9. The fourth-order valence-electron chi connectivity index (χ4n) is 1.40. The quantitative estimate of drug-likeness (QED) is 0.838. The third-order valence-corrected chi connectivity index (χ3v) is 3.15. The summed E-state index contributed by atoms with van der Waals surface area (Å²) in [6.07, 6.45) is -0.0502. The van der Waals surface area contributed by atoms with Gasteiger partial charge in [0.05, 0.1) is 25.3 Å². The number of carbonyl (C=O) groups excluding carboxylic acids is 1. The van der Waals surface area contributed by atoms with Gasteiger partial charge in [-0.1, -0.05) is 0 Å². The zero-order valence-corrected chi connectivity index (χ0v) is 12.0. The highest BCUT2D eigenvalue weighted by Crippen LogP contribution is 2.27. The number of hydrogen-bond acceptors (Lipinski definition) is 4. The largest absolute Gasteiger partial charge is 0.497 e. The van der Waals surface area contributed by atoms with Gasteiger partial charge in [-0.25, -0.2) is 0 Å². The number of nitrogens with one attached hydrogen (secondary N) is 1. The van der Waals surface area contributed by atoms with Crippen molar-refractivity contribution in [2.24, 2.45) is 5.73 Å². The molecule has 1 rings (SSSR count). The molecule has 18 heavy (non-hydrogen) atoms. The number of methoxy groups -OCH3 is 2. The van der Waals surface area contributed by atoms with Gasteiger partial charge < -0.3 is 20.5 Å². The minimum atomic E-state index is -0.269. The lowest BCUT2D eigenvalue weighted by Gasteiger charge is -2.13. The van der Waals surface area contributed by atoms with Gasteiger partial charge in [0.2, 0.25) is 5.91 Å². The van der Waals surface area contributed by atoms with Gasteiger partial charge in [0.15, 0.2) is 0 Å². The molecule has 0 aromatic heterocycles. The van der Waals surface area contributed by atoms with Crippen LogP contribution in [0, 0.1) is 0 Å². The van der Waals surface area contributed by atoms with Crippen molar-refractivity contribution >= 4 is 27.5 Å². The molecule has 0 aliphatic rings. The van der Waals surface area contributed by atoms with Crippen molar-refractivity contribution in [1.82, 2.24) is 0 Å². The third kappa shape index (κ3) is 4.29. The molecule has 6 heteroatoms. The molecule has 100 valence electrons. The van der Waals surface area contributed by atoms with Crippen LogP contribution in [-0.2, 0) is 9.53 Å². The number of amides is 1. The van der Waals surface area contributed by atoms with E-state index >= 15 is 0 Å². The van der Waals surface area contributed by atoms with Crippen molar-refractivity contribution in [3.05, 3.63) is 22.7 Å². The van der Waals surface area contributed by atoms with Crippen LogP contribution >= 0.6 is 15.9 Å². The van der Waals surface area contributed by atoms with E-state index in [4.69, 9.17) is 15.2 Å². The van der Waals surface area contributed by atoms with Crippen LogP contribution in [0.2, 0.25) is 0 Å². The van der Waals surface area contributed by atoms with Crippen LogP contribution < -0.4 is 15.8 Å². The first-order valence-corrected chi connectivity index (χ1v) is 6.26. The van der Waals surface area contributed by atoms with Gasteiger partial charge in [-0.15, -0.1) is 0 Å². The fourth-order valence-corrected chi connectivity index (χ4v) is 1.74. The molecule has 0 radical (unpaired) electrons. The van der Waals surface area contributed by atoms with Crippen LogP contribution in [0.1, 0.15) is 6.42 Å². The first kappa shape index (κ1) is 14.9. The number of halogens is 1. The molecule has 0 aliphatic heterocycles. The lowest BCUT2D eigenvalue weighted by Crippen LogP contribution is -2.28. The van der Waals surface area contributed by atoms with Crippen molar-refractivity contribution in [2.75, 3.05) is 26.1 Å². The van der Waals surface area contributed by atoms with Crippen LogP contribution in [0.15, 0.2) is 22.7 Å². The number of anilines is 1. The zero-order chi connectivity index (χ0) is 13.5. The van der Waals surface area contributed by atoms with Gasteiger partial charge in [-0.2, -0.15) is 0 Å². The summed E-state index contributed by atoms with van der Waals surface area (Å²) in [5, 5.41) is 2.78. The Balaban J connectivity index is 2.69. The summed E-state index contributed by atoms with van der Waals surface area (Å²) in [7, 11) is 3.11. The summed E-state index contributed by atoms with van der Waals surface area (Å²) in [4.78, 5) is 11.8. The van der Waals surface area contributed by atoms with Crippen LogP contribution in [0.5, 0.6) is 5.75 Å². The predicted octanol–water partition coefficient (Wildman–Crippen LogP) is 1.76. The van der Waals surface area contributed by atoms with E-state index in [1.165, 1.54) is 7.11 Å². The molecule has 1 unspecified atom stereocenters. The van der Waals surface area contributed by atoms with Crippen molar-refractivity contribution in [3.8, 4) is 5.75 Å². The number of rotatable bonds is 6. The average molecular weight is 317 g/mol. The summed E-state index contributed by atoms with van der Waals surface area (Å²) in [5.41, 5.74) is 6.12. The minimum Gasteiger partial charge on any atom is -0.497 e. The smallest absolute Gasteiger partial charge is 0.227 e. The number of hydrogen-bond donors (Lipinski definition) is 2. The molecular formula is C12H17BrN2O3. The van der Waals surface area contributed by atoms with E-state index < -0.39 is 0 Å². The molecule has 0 saturated heterocycles. The highest BCUT2D eigenvalue weighted by molar-refractivity contribution is 9.10. The van der Waals surface area contributed by atoms with E-state index in [-0.39, 0.29) is 18.4 Å². The lowest BCUT2D eigenvalue weighted by molar-refractivity contribution is -0.118. The normalized spacial score (nSPS) is 12.0. The molecule has 0 aliphatic carbocycles. The fraction of sp³-hybridized carbons (Fsp3) is 0.417. The maximum atomic E-state index is 11.8. The van der Waals surface area contributed by atoms with Gasteiger partial charge in [0.1, 0.15) is 5.75 Å². The maximum absolute atomic E-state index is 11.8. The summed E-state index contributed by atoms with van der Waals surface area (Å²) in [6, 6.07) is 5.36. The van der Waals surface area contributed by atoms with Gasteiger partial charge in [-0.05, 0) is 28.1 Å². The summed E-state index contributed by atoms with van der Waals surface area (Å²) < 4.78 is 10.9. The third-order valence-electron chi connectivity index (χ3n) is 2.46. The monoisotopic (exact) mass is 316 g/mol. The first-order chi connectivity index (χ1) is 8.60. The second-order valence-corrected chi connectivity index (χ2v) is 4.55. The molecule has 1 aromatic rings. The average Bonchev–Trinajstić information content (AvgIpc) is 2.38. The maximum Gasteiger partial charge on any atom is 0.227 e. The van der Waals surface area contributed by atoms with E-state index in [1.54, 1.807) is 19.2 Å². The SMILES string of the molecule is COc1ccc(Br)c(NC(=O)CC(CN)OC)c1. The lowest BCUT2D eigenvalue weighted by atomic mass is 10.2. The molecule has 0 saturated carbocycles. The van der Waals surface area contributed by atoms with Crippen molar-refractivity contribution in [2.45, 2.75) is 12.5 Å². The number of ether oxygens (including phenoxy) is 2. The van der Waals surface area contributed by atoms with E-state index in [1.807, 2.05) is 6.07 Å². The molecule has 0 heterocycles. The molecular weight excluding hydrogens is 300 g/mol. The Morgan fingerprint density at radius 1 is 1.50 bits per heavy atom. The highest BCUT2D eigenvalue weighted by Gasteiger charge is 2.13. The number of carbonyl (C=O) groups is 1. The van der Waals surface area contributed by atoms with Gasteiger partial charge in [0, 0.05) is 24.2 Å². The molecule has 0 bridgehead atoms. The summed E-state index contributed by atoms with van der Waals surface area (Å²) in [6.45, 7) is 0.309. The Morgan fingerprint density at radius 3 is 2.78 bits per heavy atom. The van der Waals surface area contributed by atoms with Gasteiger partial charge in [-0.3, -0.25) is 4.79 Å². The first-order valence-electron chi connectivity index (χ1n) is 5.47. The van der Waals surface area contributed by atoms with Crippen molar-refractivity contribution in [1.29, 1.82) is 0 Å². The Hall–Kier alpha value is -1.11. The molecule has 1 atom stereocenters. The van der Waals surface area contributed by atoms with Crippen molar-refractivity contribution in [3.63, 3.8) is 0 Å². The van der Waals surface area contributed by atoms with Crippen LogP contribution in [0.25, 0.3) is 0 Å². The summed E-state index contributed by atoms with van der Waals surface area (Å²) in [5.74, 6) is 0.525. The second kappa shape index (κ2) is 7.35. The Labute approximate surface area is 115 Å². The van der Waals surface area contributed by atoms with E-state index in [0.29, 0.717) is 18.0 Å². The van der Waals surface area contributed by atoms with Crippen molar-refractivity contribution < 1.29 is 14.3 Å². The predicted molar refractivity (Wildman–Crippen MR) is 73.8 cm³/mol. The Kier molecular flexibility index (Phi) is 6.11. The Bertz CT molecular complexity index is 408. The molecule has 0 spiro atoms. The topological polar surface area (TPSA) is 73.6 Å². The number of benzene rings is 1. The van der Waals surface area contributed by atoms with E-state index in [2.05, 4.69) is 21.2 Å². The second-order valence-electron chi connectivity index (χ2n) is 3.69. The Morgan fingerprint density at radius 2 is 2.22 bits per heavy atom. The van der Waals surface area contributed by atoms with Gasteiger partial charge in [0.25, 0.3) is 0 Å². The zero-order valence-electron chi connectivity index (χ0n) is 10.4. The molecule has 5 nitrogen and oxygen atoms in total. The minimum absolute atomic E-state index is 0.152. The van der Waals surface area contributed by atoms with Crippen LogP contribution in [-0.4, -0.2) is 32.8 Å². The summed E-state index contributed by atoms with van der Waals surface area (Å²) >= 11 is 3.36. The molecule has 3 N–H and O–H groups in total. The molecule has 1 amide bonds. The van der Waals surface area contributed by atoms with Crippen LogP contribution in [0.4, 0.5) is 5.69 Å². The molecule has 0 fully saturated rings. The van der Waals surface area contributed by atoms with E-state index in [9.17, 15) is 4.79 Å². The molecule has 1 aromatic carbocycles. The van der Waals surface area contributed by atoms with Crippen LogP contribution in [0.3, 0.4) is 0 Å².